The molecule has 6 heteroatoms. The monoisotopic (exact) mass is 332 g/mol. The highest BCUT2D eigenvalue weighted by atomic mass is 28.3. The summed E-state index contributed by atoms with van der Waals surface area (Å²) in [6.45, 7) is 8.26. The van der Waals surface area contributed by atoms with E-state index in [2.05, 4.69) is 24.6 Å². The lowest BCUT2D eigenvalue weighted by atomic mass is 10.1. The average Bonchev–Trinajstić information content (AvgIpc) is 2.98. The molecule has 0 saturated heterocycles. The first-order valence-corrected chi connectivity index (χ1v) is 11.4. The smallest absolute Gasteiger partial charge is 0.337 e. The van der Waals surface area contributed by atoms with Crippen molar-refractivity contribution in [3.63, 3.8) is 0 Å². The third-order valence-corrected chi connectivity index (χ3v) is 5.24. The highest BCUT2D eigenvalue weighted by Gasteiger charge is 2.13. The minimum atomic E-state index is -1.07. The number of hydrogen-bond donors (Lipinski definition) is 0. The number of methoxy groups -OCH3 is 1. The molecule has 0 radical (unpaired) electrons. The minimum Gasteiger partial charge on any atom is -0.465 e. The van der Waals surface area contributed by atoms with Crippen molar-refractivity contribution in [2.45, 2.75) is 32.4 Å². The highest BCUT2D eigenvalue weighted by Crippen LogP contribution is 2.20. The molecule has 0 N–H and O–H groups in total. The van der Waals surface area contributed by atoms with E-state index in [1.54, 1.807) is 24.7 Å². The SMILES string of the molecule is COC(=O)c1ccc(-c2cncn2COCC[Si](C)(C)C)cc1. The van der Waals surface area contributed by atoms with Crippen molar-refractivity contribution in [2.75, 3.05) is 13.7 Å². The molecule has 0 unspecified atom stereocenters. The third kappa shape index (κ3) is 5.04. The van der Waals surface area contributed by atoms with Crippen LogP contribution in [0.2, 0.25) is 25.7 Å². The van der Waals surface area contributed by atoms with E-state index in [0.29, 0.717) is 12.3 Å². The average molecular weight is 332 g/mol. The third-order valence-electron chi connectivity index (χ3n) is 3.54. The number of aromatic nitrogens is 2. The van der Waals surface area contributed by atoms with Crippen LogP contribution >= 0.6 is 0 Å². The van der Waals surface area contributed by atoms with E-state index < -0.39 is 8.07 Å². The molecule has 0 saturated carbocycles. The van der Waals surface area contributed by atoms with Crippen LogP contribution in [0.1, 0.15) is 10.4 Å². The van der Waals surface area contributed by atoms with Crippen LogP contribution in [0.4, 0.5) is 0 Å². The second kappa shape index (κ2) is 7.57. The lowest BCUT2D eigenvalue weighted by molar-refractivity contribution is 0.0600. The molecule has 0 aliphatic heterocycles. The Morgan fingerprint density at radius 2 is 1.91 bits per heavy atom. The number of benzene rings is 1. The van der Waals surface area contributed by atoms with Crippen molar-refractivity contribution < 1.29 is 14.3 Å². The number of ether oxygens (including phenoxy) is 2. The molecule has 0 aliphatic rings. The van der Waals surface area contributed by atoms with Crippen molar-refractivity contribution >= 4 is 14.0 Å². The normalized spacial score (nSPS) is 11.5. The Bertz CT molecular complexity index is 645. The van der Waals surface area contributed by atoms with Crippen LogP contribution in [0.25, 0.3) is 11.3 Å². The summed E-state index contributed by atoms with van der Waals surface area (Å²) in [4.78, 5) is 15.7. The van der Waals surface area contributed by atoms with Gasteiger partial charge in [0.25, 0.3) is 0 Å². The van der Waals surface area contributed by atoms with Gasteiger partial charge in [-0.25, -0.2) is 9.78 Å². The van der Waals surface area contributed by atoms with Gasteiger partial charge in [-0.1, -0.05) is 31.8 Å². The molecule has 2 rings (SSSR count). The molecule has 0 aliphatic carbocycles. The summed E-state index contributed by atoms with van der Waals surface area (Å²) in [6, 6.07) is 8.43. The molecule has 1 heterocycles. The molecule has 5 nitrogen and oxygen atoms in total. The van der Waals surface area contributed by atoms with Gasteiger partial charge in [-0.3, -0.25) is 0 Å². The van der Waals surface area contributed by atoms with Crippen molar-refractivity contribution in [3.05, 3.63) is 42.4 Å². The van der Waals surface area contributed by atoms with Gasteiger partial charge in [0.15, 0.2) is 0 Å². The summed E-state index contributed by atoms with van der Waals surface area (Å²) in [5, 5.41) is 0. The first-order chi connectivity index (χ1) is 10.9. The zero-order valence-corrected chi connectivity index (χ0v) is 15.2. The number of nitrogens with zero attached hydrogens (tertiary/aromatic N) is 2. The fourth-order valence-corrected chi connectivity index (χ4v) is 2.86. The van der Waals surface area contributed by atoms with Crippen LogP contribution < -0.4 is 0 Å². The Hall–Kier alpha value is -1.92. The lowest BCUT2D eigenvalue weighted by Gasteiger charge is -2.16. The van der Waals surface area contributed by atoms with E-state index in [-0.39, 0.29) is 5.97 Å². The van der Waals surface area contributed by atoms with Crippen LogP contribution in [-0.4, -0.2) is 37.3 Å². The Morgan fingerprint density at radius 1 is 1.22 bits per heavy atom. The van der Waals surface area contributed by atoms with E-state index in [0.717, 1.165) is 23.9 Å². The molecular weight excluding hydrogens is 308 g/mol. The van der Waals surface area contributed by atoms with Gasteiger partial charge < -0.3 is 14.0 Å². The van der Waals surface area contributed by atoms with Crippen LogP contribution in [0.3, 0.4) is 0 Å². The molecule has 0 amide bonds. The second-order valence-corrected chi connectivity index (χ2v) is 12.3. The Morgan fingerprint density at radius 3 is 2.52 bits per heavy atom. The van der Waals surface area contributed by atoms with E-state index in [4.69, 9.17) is 9.47 Å². The van der Waals surface area contributed by atoms with E-state index in [1.165, 1.54) is 7.11 Å². The summed E-state index contributed by atoms with van der Waals surface area (Å²) in [7, 11) is 0.307. The minimum absolute atomic E-state index is 0.334. The molecule has 0 spiro atoms. The second-order valence-electron chi connectivity index (χ2n) is 6.67. The van der Waals surface area contributed by atoms with Crippen LogP contribution in [0.15, 0.2) is 36.8 Å². The van der Waals surface area contributed by atoms with Crippen molar-refractivity contribution in [2.24, 2.45) is 0 Å². The molecule has 0 fully saturated rings. The molecule has 1 aromatic heterocycles. The number of carbonyl (C=O) groups is 1. The number of rotatable bonds is 7. The zero-order chi connectivity index (χ0) is 16.9. The fraction of sp³-hybridized carbons (Fsp3) is 0.412. The van der Waals surface area contributed by atoms with Gasteiger partial charge in [0.1, 0.15) is 6.73 Å². The Kier molecular flexibility index (Phi) is 5.73. The highest BCUT2D eigenvalue weighted by molar-refractivity contribution is 6.76. The molecule has 0 atom stereocenters. The molecular formula is C17H24N2O3Si. The van der Waals surface area contributed by atoms with Crippen molar-refractivity contribution in [1.82, 2.24) is 9.55 Å². The summed E-state index contributed by atoms with van der Waals surface area (Å²) < 4.78 is 12.5. The van der Waals surface area contributed by atoms with Crippen molar-refractivity contribution in [3.8, 4) is 11.3 Å². The molecule has 23 heavy (non-hydrogen) atoms. The molecule has 1 aromatic carbocycles. The predicted molar refractivity (Wildman–Crippen MR) is 93.1 cm³/mol. The van der Waals surface area contributed by atoms with Gasteiger partial charge in [-0.15, -0.1) is 0 Å². The maximum Gasteiger partial charge on any atom is 0.337 e. The maximum absolute atomic E-state index is 11.5. The zero-order valence-electron chi connectivity index (χ0n) is 14.2. The summed E-state index contributed by atoms with van der Waals surface area (Å²) in [5.74, 6) is -0.334. The van der Waals surface area contributed by atoms with Crippen molar-refractivity contribution in [1.29, 1.82) is 0 Å². The molecule has 2 aromatic rings. The van der Waals surface area contributed by atoms with Gasteiger partial charge in [-0.2, -0.15) is 0 Å². The van der Waals surface area contributed by atoms with E-state index >= 15 is 0 Å². The number of hydrogen-bond acceptors (Lipinski definition) is 4. The first kappa shape index (κ1) is 17.4. The van der Waals surface area contributed by atoms with Gasteiger partial charge in [0, 0.05) is 14.7 Å². The summed E-state index contributed by atoms with van der Waals surface area (Å²) >= 11 is 0. The molecule has 0 bridgehead atoms. The summed E-state index contributed by atoms with van der Waals surface area (Å²) in [6.07, 6.45) is 3.56. The standard InChI is InChI=1S/C17H24N2O3Si/c1-21-17(20)15-7-5-14(6-8-15)16-11-18-12-19(16)13-22-9-10-23(2,3)4/h5-8,11-12H,9-10,13H2,1-4H3. The van der Waals surface area contributed by atoms with Gasteiger partial charge in [0.05, 0.1) is 30.9 Å². The number of imidazole rings is 1. The topological polar surface area (TPSA) is 53.3 Å². The lowest BCUT2D eigenvalue weighted by Crippen LogP contribution is -2.22. The van der Waals surface area contributed by atoms with E-state index in [9.17, 15) is 4.79 Å². The Balaban J connectivity index is 2.01. The quantitative estimate of drug-likeness (QED) is 0.441. The maximum atomic E-state index is 11.5. The predicted octanol–water partition coefficient (Wildman–Crippen LogP) is 3.65. The van der Waals surface area contributed by atoms with E-state index in [1.807, 2.05) is 16.7 Å². The molecule has 124 valence electrons. The largest absolute Gasteiger partial charge is 0.465 e. The Labute approximate surface area is 138 Å². The van der Waals surface area contributed by atoms with Gasteiger partial charge in [-0.05, 0) is 23.7 Å². The first-order valence-electron chi connectivity index (χ1n) is 7.67. The summed E-state index contributed by atoms with van der Waals surface area (Å²) in [5.41, 5.74) is 2.49. The van der Waals surface area contributed by atoms with Crippen LogP contribution in [0.5, 0.6) is 0 Å². The van der Waals surface area contributed by atoms with Crippen LogP contribution in [0, 0.1) is 0 Å². The van der Waals surface area contributed by atoms with Gasteiger partial charge in [0.2, 0.25) is 0 Å². The fourth-order valence-electron chi connectivity index (χ4n) is 2.10. The van der Waals surface area contributed by atoms with Crippen LogP contribution in [-0.2, 0) is 16.2 Å². The number of esters is 1. The van der Waals surface area contributed by atoms with Gasteiger partial charge >= 0.3 is 5.97 Å². The number of carbonyl (C=O) groups excluding carboxylic acids is 1.